The Balaban J connectivity index is 2.00. The van der Waals surface area contributed by atoms with Gasteiger partial charge in [-0.25, -0.2) is 0 Å². The summed E-state index contributed by atoms with van der Waals surface area (Å²) in [6.07, 6.45) is 0.430. The maximum Gasteiger partial charge on any atom is 0.161 e. The van der Waals surface area contributed by atoms with Gasteiger partial charge in [0.2, 0.25) is 0 Å². The highest BCUT2D eigenvalue weighted by Gasteiger charge is 2.18. The molecule has 0 spiro atoms. The molecule has 0 amide bonds. The molecule has 1 N–H and O–H groups in total. The average molecular weight is 373 g/mol. The first kappa shape index (κ1) is 21.1. The Bertz CT molecular complexity index is 677. The second-order valence-electron chi connectivity index (χ2n) is 6.65. The van der Waals surface area contributed by atoms with E-state index >= 15 is 0 Å². The van der Waals surface area contributed by atoms with Crippen molar-refractivity contribution in [3.8, 4) is 17.2 Å². The molecular weight excluding hydrogens is 342 g/mol. The second kappa shape index (κ2) is 10.8. The Labute approximate surface area is 162 Å². The number of methoxy groups -OCH3 is 2. The number of ether oxygens (including phenoxy) is 3. The van der Waals surface area contributed by atoms with E-state index in [-0.39, 0.29) is 6.61 Å². The molecule has 27 heavy (non-hydrogen) atoms. The van der Waals surface area contributed by atoms with Crippen molar-refractivity contribution < 1.29 is 19.3 Å². The van der Waals surface area contributed by atoms with Gasteiger partial charge in [0.1, 0.15) is 18.5 Å². The minimum Gasteiger partial charge on any atom is -0.493 e. The van der Waals surface area contributed by atoms with Crippen molar-refractivity contribution in [1.82, 2.24) is 4.90 Å². The molecular formula is C22H31NO4. The van der Waals surface area contributed by atoms with Crippen molar-refractivity contribution in [2.24, 2.45) is 0 Å². The monoisotopic (exact) mass is 373 g/mol. The maximum atomic E-state index is 10.5. The third-order valence-corrected chi connectivity index (χ3v) is 4.68. The van der Waals surface area contributed by atoms with Crippen LogP contribution < -0.4 is 14.2 Å². The summed E-state index contributed by atoms with van der Waals surface area (Å²) in [6, 6.07) is 15.8. The molecule has 0 unspecified atom stereocenters. The highest BCUT2D eigenvalue weighted by molar-refractivity contribution is 5.42. The molecule has 2 aromatic carbocycles. The van der Waals surface area contributed by atoms with Gasteiger partial charge in [0.15, 0.2) is 11.5 Å². The van der Waals surface area contributed by atoms with Gasteiger partial charge in [0.25, 0.3) is 0 Å². The minimum atomic E-state index is -0.570. The molecule has 5 heteroatoms. The third-order valence-electron chi connectivity index (χ3n) is 4.68. The van der Waals surface area contributed by atoms with E-state index in [0.717, 1.165) is 24.3 Å². The van der Waals surface area contributed by atoms with Gasteiger partial charge in [-0.2, -0.15) is 0 Å². The van der Waals surface area contributed by atoms with E-state index in [9.17, 15) is 5.11 Å². The number of benzene rings is 2. The summed E-state index contributed by atoms with van der Waals surface area (Å²) >= 11 is 0. The van der Waals surface area contributed by atoms with Crippen LogP contribution in [0, 0.1) is 0 Å². The summed E-state index contributed by atoms with van der Waals surface area (Å²) in [5.74, 6) is 2.20. The number of hydrogen-bond acceptors (Lipinski definition) is 5. The van der Waals surface area contributed by atoms with Crippen molar-refractivity contribution in [1.29, 1.82) is 0 Å². The van der Waals surface area contributed by atoms with E-state index in [4.69, 9.17) is 14.2 Å². The fourth-order valence-electron chi connectivity index (χ4n) is 2.90. The molecule has 0 aliphatic rings. The Hall–Kier alpha value is -2.24. The molecule has 0 saturated carbocycles. The number of nitrogens with zero attached hydrogens (tertiary/aromatic N) is 1. The zero-order chi connectivity index (χ0) is 19.6. The molecule has 148 valence electrons. The van der Waals surface area contributed by atoms with E-state index in [1.807, 2.05) is 48.5 Å². The lowest BCUT2D eigenvalue weighted by Gasteiger charge is -2.30. The van der Waals surface area contributed by atoms with Crippen LogP contribution in [0.4, 0.5) is 0 Å². The van der Waals surface area contributed by atoms with Gasteiger partial charge in [-0.05, 0) is 43.2 Å². The Morgan fingerprint density at radius 1 is 1.00 bits per heavy atom. The molecule has 0 aromatic heterocycles. The minimum absolute atomic E-state index is 0.267. The zero-order valence-corrected chi connectivity index (χ0v) is 16.7. The fourth-order valence-corrected chi connectivity index (χ4v) is 2.90. The number of aliphatic hydroxyl groups is 1. The summed E-state index contributed by atoms with van der Waals surface area (Å²) in [7, 11) is 3.27. The smallest absolute Gasteiger partial charge is 0.161 e. The van der Waals surface area contributed by atoms with Gasteiger partial charge < -0.3 is 19.3 Å². The summed E-state index contributed by atoms with van der Waals surface area (Å²) in [5, 5.41) is 10.5. The van der Waals surface area contributed by atoms with Crippen LogP contribution >= 0.6 is 0 Å². The molecule has 0 aliphatic heterocycles. The first-order chi connectivity index (χ1) is 13.1. The highest BCUT2D eigenvalue weighted by atomic mass is 16.5. The largest absolute Gasteiger partial charge is 0.493 e. The summed E-state index contributed by atoms with van der Waals surface area (Å²) < 4.78 is 16.4. The number of aliphatic hydroxyl groups excluding tert-OH is 1. The van der Waals surface area contributed by atoms with Crippen LogP contribution in [-0.4, -0.2) is 49.5 Å². The van der Waals surface area contributed by atoms with Crippen molar-refractivity contribution in [2.75, 3.05) is 27.4 Å². The SMILES string of the molecule is CC[C@H](C)N(Cc1ccc(OC)c(OC)c1)C[C@H](O)COc1ccccc1. The first-order valence-electron chi connectivity index (χ1n) is 9.38. The van der Waals surface area contributed by atoms with Crippen LogP contribution in [0.25, 0.3) is 0 Å². The first-order valence-corrected chi connectivity index (χ1v) is 9.38. The third kappa shape index (κ3) is 6.45. The molecule has 5 nitrogen and oxygen atoms in total. The normalized spacial score (nSPS) is 13.3. The molecule has 0 fully saturated rings. The number of rotatable bonds is 11. The van der Waals surface area contributed by atoms with Gasteiger partial charge in [-0.1, -0.05) is 31.2 Å². The summed E-state index contributed by atoms with van der Waals surface area (Å²) in [4.78, 5) is 2.26. The zero-order valence-electron chi connectivity index (χ0n) is 16.7. The van der Waals surface area contributed by atoms with Crippen molar-refractivity contribution >= 4 is 0 Å². The fraction of sp³-hybridized carbons (Fsp3) is 0.455. The molecule has 2 aromatic rings. The lowest BCUT2D eigenvalue weighted by Crippen LogP contribution is -2.40. The van der Waals surface area contributed by atoms with E-state index in [2.05, 4.69) is 18.7 Å². The molecule has 0 bridgehead atoms. The second-order valence-corrected chi connectivity index (χ2v) is 6.65. The van der Waals surface area contributed by atoms with Gasteiger partial charge in [-0.3, -0.25) is 4.90 Å². The molecule has 2 atom stereocenters. The van der Waals surface area contributed by atoms with Crippen LogP contribution in [0.5, 0.6) is 17.2 Å². The Morgan fingerprint density at radius 3 is 2.33 bits per heavy atom. The van der Waals surface area contributed by atoms with E-state index < -0.39 is 6.10 Å². The van der Waals surface area contributed by atoms with Crippen molar-refractivity contribution in [2.45, 2.75) is 39.0 Å². The standard InChI is InChI=1S/C22H31NO4/c1-5-17(2)23(14-18-11-12-21(25-3)22(13-18)26-4)15-19(24)16-27-20-9-7-6-8-10-20/h6-13,17,19,24H,5,14-16H2,1-4H3/t17-,19-/m0/s1. The van der Waals surface area contributed by atoms with Crippen LogP contribution in [-0.2, 0) is 6.54 Å². The molecule has 2 rings (SSSR count). The van der Waals surface area contributed by atoms with Crippen LogP contribution in [0.15, 0.2) is 48.5 Å². The predicted octanol–water partition coefficient (Wildman–Crippen LogP) is 3.74. The average Bonchev–Trinajstić information content (AvgIpc) is 2.71. The van der Waals surface area contributed by atoms with Crippen LogP contribution in [0.3, 0.4) is 0 Å². The van der Waals surface area contributed by atoms with Crippen molar-refractivity contribution in [3.05, 3.63) is 54.1 Å². The summed E-state index contributed by atoms with van der Waals surface area (Å²) in [5.41, 5.74) is 1.11. The molecule has 0 heterocycles. The van der Waals surface area contributed by atoms with E-state index in [0.29, 0.717) is 24.1 Å². The Kier molecular flexibility index (Phi) is 8.43. The Morgan fingerprint density at radius 2 is 1.70 bits per heavy atom. The molecule has 0 saturated heterocycles. The summed E-state index contributed by atoms with van der Waals surface area (Å²) in [6.45, 7) is 5.85. The van der Waals surface area contributed by atoms with Gasteiger partial charge in [-0.15, -0.1) is 0 Å². The molecule has 0 radical (unpaired) electrons. The van der Waals surface area contributed by atoms with Gasteiger partial charge in [0, 0.05) is 19.1 Å². The number of para-hydroxylation sites is 1. The van der Waals surface area contributed by atoms with Crippen molar-refractivity contribution in [3.63, 3.8) is 0 Å². The van der Waals surface area contributed by atoms with Crippen LogP contribution in [0.2, 0.25) is 0 Å². The van der Waals surface area contributed by atoms with Gasteiger partial charge in [0.05, 0.1) is 14.2 Å². The predicted molar refractivity (Wildman–Crippen MR) is 108 cm³/mol. The maximum absolute atomic E-state index is 10.5. The molecule has 0 aliphatic carbocycles. The lowest BCUT2D eigenvalue weighted by atomic mass is 10.1. The lowest BCUT2D eigenvalue weighted by molar-refractivity contribution is 0.0506. The van der Waals surface area contributed by atoms with E-state index in [1.54, 1.807) is 14.2 Å². The van der Waals surface area contributed by atoms with Crippen LogP contribution in [0.1, 0.15) is 25.8 Å². The number of hydrogen-bond donors (Lipinski definition) is 1. The van der Waals surface area contributed by atoms with E-state index in [1.165, 1.54) is 0 Å². The topological polar surface area (TPSA) is 51.2 Å². The highest BCUT2D eigenvalue weighted by Crippen LogP contribution is 2.28. The van der Waals surface area contributed by atoms with Gasteiger partial charge >= 0.3 is 0 Å². The quantitative estimate of drug-likeness (QED) is 0.650.